The molecule has 2 heterocycles. The molecule has 0 spiro atoms. The molecule has 2 aliphatic heterocycles. The fourth-order valence-corrected chi connectivity index (χ4v) is 5.18. The van der Waals surface area contributed by atoms with Crippen molar-refractivity contribution in [2.75, 3.05) is 54.4 Å². The maximum Gasteiger partial charge on any atom is 0.163 e. The first-order chi connectivity index (χ1) is 17.0. The minimum absolute atomic E-state index is 0.0498. The number of aliphatic hydroxyl groups is 1. The molecule has 0 aromatic heterocycles. The lowest BCUT2D eigenvalue weighted by atomic mass is 9.92. The van der Waals surface area contributed by atoms with Gasteiger partial charge in [0.1, 0.15) is 38.7 Å². The van der Waals surface area contributed by atoms with Gasteiger partial charge in [0, 0.05) is 41.9 Å². The SMILES string of the molecule is COCOCC[C@@H](C)[C@@H](OCOC)[C@H](OCOCC[Si](C)(C)C)[C@@H]1C[C@@H](O)[C@@H]([C@@H]2COC(C)(C)O2)O1. The Labute approximate surface area is 218 Å². The van der Waals surface area contributed by atoms with E-state index in [0.717, 1.165) is 12.5 Å². The number of aliphatic hydroxyl groups excluding tert-OH is 1. The topological polar surface area (TPSA) is 103 Å². The van der Waals surface area contributed by atoms with Crippen molar-refractivity contribution in [3.63, 3.8) is 0 Å². The number of hydrogen-bond donors (Lipinski definition) is 1. The highest BCUT2D eigenvalue weighted by Crippen LogP contribution is 2.35. The molecule has 214 valence electrons. The van der Waals surface area contributed by atoms with Crippen LogP contribution in [0.5, 0.6) is 0 Å². The molecular weight excluding hydrogens is 488 g/mol. The van der Waals surface area contributed by atoms with Crippen LogP contribution in [-0.4, -0.2) is 110 Å². The van der Waals surface area contributed by atoms with Gasteiger partial charge in [0.2, 0.25) is 0 Å². The zero-order chi connectivity index (χ0) is 26.8. The molecule has 2 rings (SSSR count). The van der Waals surface area contributed by atoms with Crippen LogP contribution in [-0.2, 0) is 42.6 Å². The van der Waals surface area contributed by atoms with Crippen LogP contribution in [0.15, 0.2) is 0 Å². The molecule has 2 fully saturated rings. The van der Waals surface area contributed by atoms with Gasteiger partial charge in [0.05, 0.1) is 24.9 Å². The summed E-state index contributed by atoms with van der Waals surface area (Å²) in [6.45, 7) is 14.7. The van der Waals surface area contributed by atoms with Crippen molar-refractivity contribution in [1.29, 1.82) is 0 Å². The summed E-state index contributed by atoms with van der Waals surface area (Å²) in [5.74, 6) is -0.652. The van der Waals surface area contributed by atoms with E-state index < -0.39 is 38.3 Å². The first-order valence-electron chi connectivity index (χ1n) is 13.0. The second kappa shape index (κ2) is 15.4. The largest absolute Gasteiger partial charge is 0.390 e. The monoisotopic (exact) mass is 538 g/mol. The third-order valence-electron chi connectivity index (χ3n) is 6.47. The van der Waals surface area contributed by atoms with Crippen molar-refractivity contribution in [2.45, 2.75) is 102 Å². The Morgan fingerprint density at radius 2 is 1.69 bits per heavy atom. The summed E-state index contributed by atoms with van der Waals surface area (Å²) in [4.78, 5) is 0. The molecule has 2 aliphatic rings. The van der Waals surface area contributed by atoms with Gasteiger partial charge in [-0.3, -0.25) is 0 Å². The predicted octanol–water partition coefficient (Wildman–Crippen LogP) is 2.99. The van der Waals surface area contributed by atoms with Gasteiger partial charge >= 0.3 is 0 Å². The highest BCUT2D eigenvalue weighted by molar-refractivity contribution is 6.76. The zero-order valence-corrected chi connectivity index (χ0v) is 24.5. The van der Waals surface area contributed by atoms with Crippen LogP contribution in [0.3, 0.4) is 0 Å². The molecule has 0 amide bonds. The summed E-state index contributed by atoms with van der Waals surface area (Å²) in [5.41, 5.74) is 0. The van der Waals surface area contributed by atoms with Gasteiger partial charge in [-0.1, -0.05) is 26.6 Å². The molecule has 0 aliphatic carbocycles. The number of methoxy groups -OCH3 is 2. The van der Waals surface area contributed by atoms with Gasteiger partial charge in [-0.2, -0.15) is 0 Å². The standard InChI is InChI=1S/C25H50O10Si/c1-18(9-10-29-15-27-4)22(31-16-28-5)24(32-17-30-11-12-36(6,7)8)20-13-19(26)23(34-20)21-14-33-25(2,3)35-21/h18-24,26H,9-17H2,1-8H3/t18-,19-,20+,21+,22-,23+,24-/m1/s1. The normalized spacial score (nSPS) is 28.9. The molecular formula is C25H50O10Si. The van der Waals surface area contributed by atoms with E-state index in [1.165, 1.54) is 0 Å². The van der Waals surface area contributed by atoms with Crippen LogP contribution in [0.4, 0.5) is 0 Å². The minimum atomic E-state index is -1.21. The van der Waals surface area contributed by atoms with E-state index in [1.54, 1.807) is 14.2 Å². The third-order valence-corrected chi connectivity index (χ3v) is 8.17. The fraction of sp³-hybridized carbons (Fsp3) is 1.00. The lowest BCUT2D eigenvalue weighted by Gasteiger charge is -2.35. The summed E-state index contributed by atoms with van der Waals surface area (Å²) in [7, 11) is 1.97. The maximum absolute atomic E-state index is 10.9. The Kier molecular flexibility index (Phi) is 13.7. The van der Waals surface area contributed by atoms with E-state index in [-0.39, 0.29) is 38.5 Å². The van der Waals surface area contributed by atoms with Gasteiger partial charge in [-0.25, -0.2) is 0 Å². The third kappa shape index (κ3) is 10.9. The predicted molar refractivity (Wildman–Crippen MR) is 136 cm³/mol. The van der Waals surface area contributed by atoms with Crippen LogP contribution in [0, 0.1) is 5.92 Å². The van der Waals surface area contributed by atoms with E-state index in [0.29, 0.717) is 26.2 Å². The Hall–Kier alpha value is -0.183. The van der Waals surface area contributed by atoms with Crippen LogP contribution in [0.25, 0.3) is 0 Å². The molecule has 11 heteroatoms. The highest BCUT2D eigenvalue weighted by atomic mass is 28.3. The quantitative estimate of drug-likeness (QED) is 0.159. The van der Waals surface area contributed by atoms with E-state index in [9.17, 15) is 5.11 Å². The molecule has 2 saturated heterocycles. The van der Waals surface area contributed by atoms with Gasteiger partial charge in [0.15, 0.2) is 5.79 Å². The van der Waals surface area contributed by atoms with Crippen molar-refractivity contribution in [2.24, 2.45) is 5.92 Å². The lowest BCUT2D eigenvalue weighted by molar-refractivity contribution is -0.214. The summed E-state index contributed by atoms with van der Waals surface area (Å²) in [6, 6.07) is 1.05. The average Bonchev–Trinajstić information content (AvgIpc) is 3.35. The smallest absolute Gasteiger partial charge is 0.163 e. The average molecular weight is 539 g/mol. The highest BCUT2D eigenvalue weighted by Gasteiger charge is 2.49. The molecule has 10 nitrogen and oxygen atoms in total. The Morgan fingerprint density at radius 1 is 1.00 bits per heavy atom. The zero-order valence-electron chi connectivity index (χ0n) is 23.5. The number of ether oxygens (including phenoxy) is 9. The van der Waals surface area contributed by atoms with E-state index in [4.69, 9.17) is 42.6 Å². The van der Waals surface area contributed by atoms with Gasteiger partial charge in [-0.05, 0) is 32.2 Å². The number of rotatable bonds is 18. The molecule has 0 radical (unpaired) electrons. The first-order valence-corrected chi connectivity index (χ1v) is 16.7. The minimum Gasteiger partial charge on any atom is -0.390 e. The molecule has 0 aromatic rings. The van der Waals surface area contributed by atoms with Crippen LogP contribution in [0.1, 0.15) is 33.6 Å². The van der Waals surface area contributed by atoms with Crippen molar-refractivity contribution >= 4 is 8.07 Å². The second-order valence-electron chi connectivity index (χ2n) is 11.4. The van der Waals surface area contributed by atoms with Gasteiger partial charge in [0.25, 0.3) is 0 Å². The molecule has 0 unspecified atom stereocenters. The number of hydrogen-bond acceptors (Lipinski definition) is 10. The molecule has 0 saturated carbocycles. The van der Waals surface area contributed by atoms with Crippen LogP contribution < -0.4 is 0 Å². The van der Waals surface area contributed by atoms with Crippen LogP contribution >= 0.6 is 0 Å². The molecule has 0 bridgehead atoms. The summed E-state index contributed by atoms with van der Waals surface area (Å²) >= 11 is 0. The van der Waals surface area contributed by atoms with Gasteiger partial charge < -0.3 is 47.7 Å². The Balaban J connectivity index is 2.10. The van der Waals surface area contributed by atoms with E-state index in [2.05, 4.69) is 26.6 Å². The molecule has 36 heavy (non-hydrogen) atoms. The molecule has 7 atom stereocenters. The maximum atomic E-state index is 10.9. The van der Waals surface area contributed by atoms with Gasteiger partial charge in [-0.15, -0.1) is 0 Å². The van der Waals surface area contributed by atoms with Crippen LogP contribution in [0.2, 0.25) is 25.7 Å². The Morgan fingerprint density at radius 3 is 2.31 bits per heavy atom. The molecule has 1 N–H and O–H groups in total. The Bertz CT molecular complexity index is 602. The lowest BCUT2D eigenvalue weighted by Crippen LogP contribution is -2.46. The fourth-order valence-electron chi connectivity index (χ4n) is 4.43. The van der Waals surface area contributed by atoms with Crippen molar-refractivity contribution in [1.82, 2.24) is 0 Å². The summed E-state index contributed by atoms with van der Waals surface area (Å²) in [5, 5.41) is 10.9. The molecule has 0 aromatic carbocycles. The summed E-state index contributed by atoms with van der Waals surface area (Å²) < 4.78 is 52.0. The van der Waals surface area contributed by atoms with Crippen molar-refractivity contribution < 1.29 is 47.7 Å². The van der Waals surface area contributed by atoms with Crippen molar-refractivity contribution in [3.8, 4) is 0 Å². The first kappa shape index (κ1) is 32.0. The summed E-state index contributed by atoms with van der Waals surface area (Å²) in [6.07, 6.45) is -1.73. The van der Waals surface area contributed by atoms with E-state index >= 15 is 0 Å². The second-order valence-corrected chi connectivity index (χ2v) is 17.0. The van der Waals surface area contributed by atoms with Crippen molar-refractivity contribution in [3.05, 3.63) is 0 Å². The van der Waals surface area contributed by atoms with E-state index in [1.807, 2.05) is 13.8 Å².